The lowest BCUT2D eigenvalue weighted by molar-refractivity contribution is -0.114. The lowest BCUT2D eigenvalue weighted by atomic mass is 9.91. The molecule has 0 bridgehead atoms. The van der Waals surface area contributed by atoms with Crippen molar-refractivity contribution in [2.24, 2.45) is 12.5 Å². The summed E-state index contributed by atoms with van der Waals surface area (Å²) in [5.74, 6) is 0.262. The molecule has 0 amide bonds. The molecule has 3 rings (SSSR count). The molecule has 1 aliphatic carbocycles. The molecule has 0 radical (unpaired) electrons. The van der Waals surface area contributed by atoms with Gasteiger partial charge in [-0.1, -0.05) is 13.8 Å². The zero-order valence-electron chi connectivity index (χ0n) is 12.6. The molecule has 0 saturated carbocycles. The summed E-state index contributed by atoms with van der Waals surface area (Å²) in [6, 6.07) is 5.80. The van der Waals surface area contributed by atoms with Gasteiger partial charge in [0.1, 0.15) is 11.6 Å². The third-order valence-electron chi connectivity index (χ3n) is 3.85. The van der Waals surface area contributed by atoms with Gasteiger partial charge < -0.3 is 5.11 Å². The summed E-state index contributed by atoms with van der Waals surface area (Å²) >= 11 is 0. The smallest absolute Gasteiger partial charge is 0.181 e. The van der Waals surface area contributed by atoms with Gasteiger partial charge in [-0.15, -0.1) is 0 Å². The van der Waals surface area contributed by atoms with Crippen LogP contribution in [0.3, 0.4) is 0 Å². The summed E-state index contributed by atoms with van der Waals surface area (Å²) in [6.45, 7) is 3.62. The summed E-state index contributed by atoms with van der Waals surface area (Å²) < 4.78 is 14.5. The Morgan fingerprint density at radius 1 is 1.27 bits per heavy atom. The first kappa shape index (κ1) is 14.4. The Kier molecular flexibility index (Phi) is 3.12. The fourth-order valence-corrected chi connectivity index (χ4v) is 2.60. The lowest BCUT2D eigenvalue weighted by Gasteiger charge is -2.15. The van der Waals surface area contributed by atoms with Crippen molar-refractivity contribution >= 4 is 11.4 Å². The Labute approximate surface area is 127 Å². The van der Waals surface area contributed by atoms with Crippen molar-refractivity contribution in [3.8, 4) is 11.4 Å². The van der Waals surface area contributed by atoms with Crippen LogP contribution in [-0.2, 0) is 11.8 Å². The number of ketones is 1. The maximum absolute atomic E-state index is 13.0. The molecule has 1 N–H and O–H groups in total. The Morgan fingerprint density at radius 2 is 1.91 bits per heavy atom. The Hall–Kier alpha value is -2.50. The first-order valence-corrected chi connectivity index (χ1v) is 6.94. The highest BCUT2D eigenvalue weighted by molar-refractivity contribution is 6.23. The van der Waals surface area contributed by atoms with Crippen molar-refractivity contribution in [1.82, 2.24) is 14.8 Å². The second kappa shape index (κ2) is 4.76. The summed E-state index contributed by atoms with van der Waals surface area (Å²) in [7, 11) is 1.66. The highest BCUT2D eigenvalue weighted by Gasteiger charge is 2.41. The molecule has 114 valence electrons. The number of carbonyl (C=O) groups excluding carboxylic acids is 1. The maximum Gasteiger partial charge on any atom is 0.181 e. The van der Waals surface area contributed by atoms with Gasteiger partial charge >= 0.3 is 0 Å². The molecule has 0 saturated heterocycles. The van der Waals surface area contributed by atoms with Crippen LogP contribution in [0, 0.1) is 11.2 Å². The van der Waals surface area contributed by atoms with Crippen LogP contribution in [0.15, 0.2) is 30.0 Å². The van der Waals surface area contributed by atoms with E-state index in [0.717, 1.165) is 0 Å². The quantitative estimate of drug-likeness (QED) is 0.926. The molecule has 1 heterocycles. The van der Waals surface area contributed by atoms with Gasteiger partial charge in [0, 0.05) is 24.4 Å². The molecule has 0 atom stereocenters. The van der Waals surface area contributed by atoms with E-state index >= 15 is 0 Å². The minimum Gasteiger partial charge on any atom is -0.511 e. The van der Waals surface area contributed by atoms with E-state index in [1.165, 1.54) is 16.8 Å². The number of carbonyl (C=O) groups is 1. The molecule has 5 nitrogen and oxygen atoms in total. The van der Waals surface area contributed by atoms with Crippen LogP contribution in [0.1, 0.15) is 26.1 Å². The third kappa shape index (κ3) is 2.20. The van der Waals surface area contributed by atoms with Crippen molar-refractivity contribution in [3.05, 3.63) is 41.7 Å². The number of rotatable bonds is 2. The zero-order valence-corrected chi connectivity index (χ0v) is 12.6. The fourth-order valence-electron chi connectivity index (χ4n) is 2.60. The Morgan fingerprint density at radius 3 is 2.45 bits per heavy atom. The molecule has 2 aromatic rings. The Balaban J connectivity index is 2.09. The minimum absolute atomic E-state index is 0.0404. The molecule has 1 aliphatic rings. The number of Topliss-reactive ketones (excluding diaryl/α,β-unsaturated/α-hetero) is 1. The van der Waals surface area contributed by atoms with Crippen molar-refractivity contribution < 1.29 is 14.3 Å². The van der Waals surface area contributed by atoms with Crippen molar-refractivity contribution in [2.75, 3.05) is 0 Å². The number of aromatic nitrogens is 3. The number of hydrogen-bond donors (Lipinski definition) is 1. The van der Waals surface area contributed by atoms with E-state index in [1.807, 2.05) is 13.8 Å². The zero-order chi connectivity index (χ0) is 16.1. The monoisotopic (exact) mass is 301 g/mol. The molecule has 6 heteroatoms. The van der Waals surface area contributed by atoms with E-state index in [4.69, 9.17) is 0 Å². The molecule has 1 aromatic carbocycles. The van der Waals surface area contributed by atoms with Gasteiger partial charge in [-0.05, 0) is 24.3 Å². The van der Waals surface area contributed by atoms with Gasteiger partial charge in [-0.2, -0.15) is 5.10 Å². The van der Waals surface area contributed by atoms with E-state index in [9.17, 15) is 14.3 Å². The van der Waals surface area contributed by atoms with Gasteiger partial charge in [0.2, 0.25) is 0 Å². The topological polar surface area (TPSA) is 68.0 Å². The number of allylic oxidation sites excluding steroid dienone is 2. The average molecular weight is 301 g/mol. The normalized spacial score (nSPS) is 17.4. The van der Waals surface area contributed by atoms with E-state index in [-0.39, 0.29) is 29.4 Å². The number of benzene rings is 1. The number of halogens is 1. The molecular formula is C16H16FN3O2. The summed E-state index contributed by atoms with van der Waals surface area (Å²) in [6.07, 6.45) is 0.243. The van der Waals surface area contributed by atoms with Crippen LogP contribution in [0.2, 0.25) is 0 Å². The highest BCUT2D eigenvalue weighted by Crippen LogP contribution is 2.42. The van der Waals surface area contributed by atoms with Gasteiger partial charge in [0.15, 0.2) is 17.4 Å². The number of aryl methyl sites for hydroxylation is 1. The second-order valence-corrected chi connectivity index (χ2v) is 6.10. The first-order chi connectivity index (χ1) is 10.3. The standard InChI is InChI=1S/C16H16FN3O2/c1-16(2)8-11(21)12(13(16)22)15-18-14(19-20(15)3)9-4-6-10(17)7-5-9/h4-7,22H,8H2,1-3H3. The Bertz CT molecular complexity index is 788. The first-order valence-electron chi connectivity index (χ1n) is 6.94. The van der Waals surface area contributed by atoms with Crippen LogP contribution in [0.5, 0.6) is 0 Å². The van der Waals surface area contributed by atoms with Crippen LogP contribution in [0.4, 0.5) is 4.39 Å². The SMILES string of the molecule is Cn1nc(-c2ccc(F)cc2)nc1C1=C(O)C(C)(C)CC1=O. The average Bonchev–Trinajstić information content (AvgIpc) is 2.89. The van der Waals surface area contributed by atoms with Crippen molar-refractivity contribution in [3.63, 3.8) is 0 Å². The molecular weight excluding hydrogens is 285 g/mol. The molecule has 0 unspecified atom stereocenters. The molecule has 22 heavy (non-hydrogen) atoms. The van der Waals surface area contributed by atoms with E-state index in [1.54, 1.807) is 19.2 Å². The van der Waals surface area contributed by atoms with Gasteiger partial charge in [-0.3, -0.25) is 4.79 Å². The summed E-state index contributed by atoms with van der Waals surface area (Å²) in [4.78, 5) is 16.5. The molecule has 0 spiro atoms. The van der Waals surface area contributed by atoms with E-state index < -0.39 is 5.41 Å². The number of nitrogens with zero attached hydrogens (tertiary/aromatic N) is 3. The van der Waals surface area contributed by atoms with Crippen LogP contribution in [-0.4, -0.2) is 25.7 Å². The van der Waals surface area contributed by atoms with Gasteiger partial charge in [0.05, 0.1) is 5.57 Å². The van der Waals surface area contributed by atoms with Crippen molar-refractivity contribution in [2.45, 2.75) is 20.3 Å². The number of hydrogen-bond acceptors (Lipinski definition) is 4. The van der Waals surface area contributed by atoms with Crippen molar-refractivity contribution in [1.29, 1.82) is 0 Å². The largest absolute Gasteiger partial charge is 0.511 e. The predicted octanol–water partition coefficient (Wildman–Crippen LogP) is 2.89. The highest BCUT2D eigenvalue weighted by atomic mass is 19.1. The fraction of sp³-hybridized carbons (Fsp3) is 0.312. The molecule has 0 aliphatic heterocycles. The number of aliphatic hydroxyl groups is 1. The summed E-state index contributed by atoms with van der Waals surface area (Å²) in [5, 5.41) is 14.6. The lowest BCUT2D eigenvalue weighted by Crippen LogP contribution is -2.10. The number of aliphatic hydroxyl groups excluding tert-OH is 1. The third-order valence-corrected chi connectivity index (χ3v) is 3.85. The minimum atomic E-state index is -0.589. The molecule has 1 aromatic heterocycles. The van der Waals surface area contributed by atoms with Crippen LogP contribution in [0.25, 0.3) is 17.0 Å². The van der Waals surface area contributed by atoms with Gasteiger partial charge in [0.25, 0.3) is 0 Å². The summed E-state index contributed by atoms with van der Waals surface area (Å²) in [5.41, 5.74) is 0.274. The van der Waals surface area contributed by atoms with E-state index in [2.05, 4.69) is 10.1 Å². The second-order valence-electron chi connectivity index (χ2n) is 6.10. The van der Waals surface area contributed by atoms with Crippen LogP contribution >= 0.6 is 0 Å². The van der Waals surface area contributed by atoms with Crippen LogP contribution < -0.4 is 0 Å². The maximum atomic E-state index is 13.0. The predicted molar refractivity (Wildman–Crippen MR) is 79.4 cm³/mol. The van der Waals surface area contributed by atoms with Gasteiger partial charge in [-0.25, -0.2) is 14.1 Å². The molecule has 0 fully saturated rings. The van der Waals surface area contributed by atoms with E-state index in [0.29, 0.717) is 17.2 Å².